The summed E-state index contributed by atoms with van der Waals surface area (Å²) in [5.74, 6) is 0. The maximum atomic E-state index is 12.6. The van der Waals surface area contributed by atoms with E-state index < -0.39 is 5.60 Å². The lowest BCUT2D eigenvalue weighted by molar-refractivity contribution is 0.0215. The van der Waals surface area contributed by atoms with Gasteiger partial charge in [-0.15, -0.1) is 0 Å². The fourth-order valence-electron chi connectivity index (χ4n) is 3.48. The van der Waals surface area contributed by atoms with E-state index in [1.807, 2.05) is 37.8 Å². The Labute approximate surface area is 146 Å². The van der Waals surface area contributed by atoms with Gasteiger partial charge in [-0.1, -0.05) is 28.1 Å². The van der Waals surface area contributed by atoms with Gasteiger partial charge in [0, 0.05) is 22.5 Å². The minimum atomic E-state index is -0.485. The molecule has 0 aromatic heterocycles. The lowest BCUT2D eigenvalue weighted by Gasteiger charge is -2.30. The number of nitrogens with two attached hydrogens (primary N) is 1. The van der Waals surface area contributed by atoms with Crippen molar-refractivity contribution < 1.29 is 9.53 Å². The standard InChI is InChI=1S/C18H25BrN2O2/c1-17(2,3)23-16(22)21-11-18(7-8-18)15(20)14(21)10-12-5-4-6-13(19)9-12/h4-6,9,14-15H,7-8,10-11,20H2,1-3H3/t14-,15+/m0/s1. The topological polar surface area (TPSA) is 55.6 Å². The van der Waals surface area contributed by atoms with E-state index in [1.165, 1.54) is 5.56 Å². The quantitative estimate of drug-likeness (QED) is 0.850. The van der Waals surface area contributed by atoms with E-state index in [0.717, 1.165) is 30.3 Å². The number of rotatable bonds is 2. The van der Waals surface area contributed by atoms with E-state index in [1.54, 1.807) is 0 Å². The Morgan fingerprint density at radius 1 is 1.43 bits per heavy atom. The van der Waals surface area contributed by atoms with Crippen LogP contribution in [0.2, 0.25) is 0 Å². The first-order valence-electron chi connectivity index (χ1n) is 8.20. The number of likely N-dealkylation sites (tertiary alicyclic amines) is 1. The zero-order chi connectivity index (χ0) is 16.8. The molecule has 1 saturated carbocycles. The Morgan fingerprint density at radius 2 is 2.13 bits per heavy atom. The number of nitrogens with zero attached hydrogens (tertiary/aromatic N) is 1. The minimum Gasteiger partial charge on any atom is -0.444 e. The number of carbonyl (C=O) groups is 1. The Bertz CT molecular complexity index is 607. The normalized spacial score (nSPS) is 25.7. The molecule has 1 heterocycles. The van der Waals surface area contributed by atoms with Gasteiger partial charge in [0.05, 0.1) is 6.04 Å². The maximum absolute atomic E-state index is 12.6. The second-order valence-corrected chi connectivity index (χ2v) is 8.81. The van der Waals surface area contributed by atoms with Crippen molar-refractivity contribution in [2.24, 2.45) is 11.1 Å². The molecular formula is C18H25BrN2O2. The molecule has 3 rings (SSSR count). The summed E-state index contributed by atoms with van der Waals surface area (Å²) >= 11 is 3.51. The van der Waals surface area contributed by atoms with Crippen LogP contribution in [-0.4, -0.2) is 35.2 Å². The fourth-order valence-corrected chi connectivity index (χ4v) is 3.93. The van der Waals surface area contributed by atoms with Crippen LogP contribution < -0.4 is 5.73 Å². The summed E-state index contributed by atoms with van der Waals surface area (Å²) in [6.07, 6.45) is 2.75. The molecule has 1 spiro atoms. The molecule has 126 valence electrons. The van der Waals surface area contributed by atoms with Crippen molar-refractivity contribution in [3.05, 3.63) is 34.3 Å². The number of hydrogen-bond donors (Lipinski definition) is 1. The molecule has 1 aliphatic heterocycles. The Morgan fingerprint density at radius 3 is 2.70 bits per heavy atom. The van der Waals surface area contributed by atoms with Crippen molar-refractivity contribution >= 4 is 22.0 Å². The predicted molar refractivity (Wildman–Crippen MR) is 94.2 cm³/mol. The van der Waals surface area contributed by atoms with Crippen LogP contribution >= 0.6 is 15.9 Å². The van der Waals surface area contributed by atoms with Gasteiger partial charge >= 0.3 is 6.09 Å². The van der Waals surface area contributed by atoms with E-state index in [4.69, 9.17) is 10.5 Å². The summed E-state index contributed by atoms with van der Waals surface area (Å²) in [6.45, 7) is 6.42. The Balaban J connectivity index is 1.80. The van der Waals surface area contributed by atoms with E-state index in [2.05, 4.69) is 28.1 Å². The number of halogens is 1. The molecule has 1 aromatic carbocycles. The van der Waals surface area contributed by atoms with Gasteiger partial charge in [0.2, 0.25) is 0 Å². The highest BCUT2D eigenvalue weighted by Crippen LogP contribution is 2.54. The van der Waals surface area contributed by atoms with Gasteiger partial charge in [-0.05, 0) is 57.7 Å². The maximum Gasteiger partial charge on any atom is 0.410 e. The van der Waals surface area contributed by atoms with Gasteiger partial charge in [0.1, 0.15) is 5.60 Å². The molecule has 2 atom stereocenters. The van der Waals surface area contributed by atoms with Gasteiger partial charge < -0.3 is 15.4 Å². The first kappa shape index (κ1) is 16.8. The highest BCUT2D eigenvalue weighted by Gasteiger charge is 2.59. The van der Waals surface area contributed by atoms with E-state index in [0.29, 0.717) is 0 Å². The summed E-state index contributed by atoms with van der Waals surface area (Å²) < 4.78 is 6.65. The lowest BCUT2D eigenvalue weighted by atomic mass is 9.93. The number of carbonyl (C=O) groups excluding carboxylic acids is 1. The van der Waals surface area contributed by atoms with Gasteiger partial charge in [-0.25, -0.2) is 4.79 Å². The summed E-state index contributed by atoms with van der Waals surface area (Å²) in [5.41, 5.74) is 7.36. The van der Waals surface area contributed by atoms with Gasteiger partial charge in [0.15, 0.2) is 0 Å². The third-order valence-corrected chi connectivity index (χ3v) is 5.35. The Hall–Kier alpha value is -1.07. The van der Waals surface area contributed by atoms with Crippen LogP contribution in [0.5, 0.6) is 0 Å². The van der Waals surface area contributed by atoms with E-state index >= 15 is 0 Å². The van der Waals surface area contributed by atoms with Crippen LogP contribution in [0, 0.1) is 5.41 Å². The molecule has 0 unspecified atom stereocenters. The monoisotopic (exact) mass is 380 g/mol. The fraction of sp³-hybridized carbons (Fsp3) is 0.611. The van der Waals surface area contributed by atoms with Crippen molar-refractivity contribution in [2.75, 3.05) is 6.54 Å². The molecule has 1 aliphatic carbocycles. The highest BCUT2D eigenvalue weighted by molar-refractivity contribution is 9.10. The van der Waals surface area contributed by atoms with E-state index in [9.17, 15) is 4.79 Å². The lowest BCUT2D eigenvalue weighted by Crippen LogP contribution is -2.46. The molecule has 2 aliphatic rings. The van der Waals surface area contributed by atoms with Crippen molar-refractivity contribution in [2.45, 2.75) is 57.7 Å². The number of ether oxygens (including phenoxy) is 1. The van der Waals surface area contributed by atoms with Crippen molar-refractivity contribution in [1.82, 2.24) is 4.90 Å². The van der Waals surface area contributed by atoms with Crippen molar-refractivity contribution in [3.8, 4) is 0 Å². The average Bonchev–Trinajstić information content (AvgIpc) is 3.15. The first-order valence-corrected chi connectivity index (χ1v) is 8.99. The zero-order valence-electron chi connectivity index (χ0n) is 14.0. The third kappa shape index (κ3) is 3.56. The molecule has 4 nitrogen and oxygen atoms in total. The summed E-state index contributed by atoms with van der Waals surface area (Å²) in [4.78, 5) is 14.5. The number of benzene rings is 1. The minimum absolute atomic E-state index is 0.00153. The van der Waals surface area contributed by atoms with Crippen LogP contribution in [0.25, 0.3) is 0 Å². The molecule has 1 amide bonds. The molecule has 5 heteroatoms. The molecule has 23 heavy (non-hydrogen) atoms. The molecule has 0 radical (unpaired) electrons. The van der Waals surface area contributed by atoms with Crippen LogP contribution in [0.3, 0.4) is 0 Å². The van der Waals surface area contributed by atoms with Crippen LogP contribution in [0.1, 0.15) is 39.2 Å². The molecule has 2 fully saturated rings. The molecule has 1 saturated heterocycles. The first-order chi connectivity index (χ1) is 10.7. The second-order valence-electron chi connectivity index (χ2n) is 7.90. The smallest absolute Gasteiger partial charge is 0.410 e. The second kappa shape index (κ2) is 5.78. The third-order valence-electron chi connectivity index (χ3n) is 4.86. The SMILES string of the molecule is CC(C)(C)OC(=O)N1CC2(CC2)[C@H](N)[C@@H]1Cc1cccc(Br)c1. The molecular weight excluding hydrogens is 356 g/mol. The van der Waals surface area contributed by atoms with Gasteiger partial charge in [-0.3, -0.25) is 0 Å². The van der Waals surface area contributed by atoms with Crippen LogP contribution in [-0.2, 0) is 11.2 Å². The zero-order valence-corrected chi connectivity index (χ0v) is 15.6. The van der Waals surface area contributed by atoms with Crippen LogP contribution in [0.15, 0.2) is 28.7 Å². The van der Waals surface area contributed by atoms with E-state index in [-0.39, 0.29) is 23.6 Å². The largest absolute Gasteiger partial charge is 0.444 e. The van der Waals surface area contributed by atoms with Gasteiger partial charge in [0.25, 0.3) is 0 Å². The predicted octanol–water partition coefficient (Wildman–Crippen LogP) is 3.72. The highest BCUT2D eigenvalue weighted by atomic mass is 79.9. The Kier molecular flexibility index (Phi) is 4.21. The average molecular weight is 381 g/mol. The van der Waals surface area contributed by atoms with Crippen LogP contribution in [0.4, 0.5) is 4.79 Å². The summed E-state index contributed by atoms with van der Waals surface area (Å²) in [6, 6.07) is 8.23. The number of hydrogen-bond acceptors (Lipinski definition) is 3. The summed E-state index contributed by atoms with van der Waals surface area (Å²) in [5, 5.41) is 0. The van der Waals surface area contributed by atoms with Crippen molar-refractivity contribution in [1.29, 1.82) is 0 Å². The molecule has 2 N–H and O–H groups in total. The molecule has 0 bridgehead atoms. The molecule has 1 aromatic rings. The van der Waals surface area contributed by atoms with Gasteiger partial charge in [-0.2, -0.15) is 0 Å². The summed E-state index contributed by atoms with van der Waals surface area (Å²) in [7, 11) is 0. The van der Waals surface area contributed by atoms with Crippen molar-refractivity contribution in [3.63, 3.8) is 0 Å². The number of amides is 1.